The van der Waals surface area contributed by atoms with Gasteiger partial charge in [-0.2, -0.15) is 5.10 Å². The summed E-state index contributed by atoms with van der Waals surface area (Å²) in [7, 11) is 0. The molecular weight excluding hydrogens is 348 g/mol. The molecule has 1 aromatic heterocycles. The number of fused-ring (bicyclic) bond motifs is 1. The van der Waals surface area contributed by atoms with Crippen LogP contribution in [-0.4, -0.2) is 35.2 Å². The molecule has 3 N–H and O–H groups in total. The third-order valence-electron chi connectivity index (χ3n) is 3.75. The standard InChI is InChI=1S/C19H18N4O4/c1-2-20-16(24)11-27-13-7-5-6-12(10-13)21-19(26)17-14-8-3-4-9-15(14)18(25)23-22-17/h3-10H,2,11H2,1H3,(H,20,24)(H,21,26)(H,23,25). The van der Waals surface area contributed by atoms with Gasteiger partial charge in [-0.05, 0) is 25.1 Å². The van der Waals surface area contributed by atoms with E-state index < -0.39 is 5.91 Å². The fraction of sp³-hybridized carbons (Fsp3) is 0.158. The highest BCUT2D eigenvalue weighted by atomic mass is 16.5. The number of aromatic amines is 1. The quantitative estimate of drug-likeness (QED) is 0.614. The van der Waals surface area contributed by atoms with Gasteiger partial charge in [-0.1, -0.05) is 24.3 Å². The lowest BCUT2D eigenvalue weighted by Crippen LogP contribution is -2.28. The second-order valence-corrected chi connectivity index (χ2v) is 5.67. The Hall–Kier alpha value is -3.68. The maximum Gasteiger partial charge on any atom is 0.276 e. The van der Waals surface area contributed by atoms with Crippen molar-refractivity contribution in [3.8, 4) is 5.75 Å². The molecule has 0 unspecified atom stereocenters. The number of likely N-dealkylation sites (N-methyl/N-ethyl adjacent to an activating group) is 1. The monoisotopic (exact) mass is 366 g/mol. The van der Waals surface area contributed by atoms with E-state index in [1.165, 1.54) is 0 Å². The number of carbonyl (C=O) groups excluding carboxylic acids is 2. The van der Waals surface area contributed by atoms with Crippen LogP contribution in [0, 0.1) is 0 Å². The minimum Gasteiger partial charge on any atom is -0.484 e. The molecule has 0 aliphatic heterocycles. The van der Waals surface area contributed by atoms with Gasteiger partial charge in [0.15, 0.2) is 12.3 Å². The van der Waals surface area contributed by atoms with Crippen molar-refractivity contribution in [3.63, 3.8) is 0 Å². The number of benzene rings is 2. The molecule has 0 radical (unpaired) electrons. The van der Waals surface area contributed by atoms with E-state index in [9.17, 15) is 14.4 Å². The molecule has 8 nitrogen and oxygen atoms in total. The fourth-order valence-corrected chi connectivity index (χ4v) is 2.54. The zero-order chi connectivity index (χ0) is 19.2. The van der Waals surface area contributed by atoms with Crippen LogP contribution >= 0.6 is 0 Å². The number of anilines is 1. The van der Waals surface area contributed by atoms with Crippen LogP contribution in [0.1, 0.15) is 17.4 Å². The molecule has 0 saturated carbocycles. The van der Waals surface area contributed by atoms with E-state index in [0.29, 0.717) is 28.8 Å². The Kier molecular flexibility index (Phi) is 5.46. The number of H-pyrrole nitrogens is 1. The summed E-state index contributed by atoms with van der Waals surface area (Å²) in [5, 5.41) is 12.4. The average Bonchev–Trinajstić information content (AvgIpc) is 2.67. The van der Waals surface area contributed by atoms with Crippen molar-refractivity contribution in [2.75, 3.05) is 18.5 Å². The number of aromatic nitrogens is 2. The van der Waals surface area contributed by atoms with Gasteiger partial charge in [0.25, 0.3) is 17.4 Å². The summed E-state index contributed by atoms with van der Waals surface area (Å²) in [6.45, 7) is 2.23. The second kappa shape index (κ2) is 8.13. The van der Waals surface area contributed by atoms with Crippen molar-refractivity contribution < 1.29 is 14.3 Å². The van der Waals surface area contributed by atoms with Gasteiger partial charge >= 0.3 is 0 Å². The van der Waals surface area contributed by atoms with Gasteiger partial charge in [-0.15, -0.1) is 0 Å². The molecule has 27 heavy (non-hydrogen) atoms. The molecule has 0 bridgehead atoms. The molecule has 0 atom stereocenters. The van der Waals surface area contributed by atoms with Crippen LogP contribution in [-0.2, 0) is 4.79 Å². The average molecular weight is 366 g/mol. The van der Waals surface area contributed by atoms with Crippen molar-refractivity contribution in [1.82, 2.24) is 15.5 Å². The molecule has 3 aromatic rings. The van der Waals surface area contributed by atoms with Crippen LogP contribution in [0.25, 0.3) is 10.8 Å². The summed E-state index contributed by atoms with van der Waals surface area (Å²) in [5.74, 6) is -0.252. The third kappa shape index (κ3) is 4.30. The fourth-order valence-electron chi connectivity index (χ4n) is 2.54. The molecule has 0 aliphatic rings. The zero-order valence-electron chi connectivity index (χ0n) is 14.6. The van der Waals surface area contributed by atoms with Gasteiger partial charge in [0.05, 0.1) is 5.39 Å². The highest BCUT2D eigenvalue weighted by Crippen LogP contribution is 2.19. The van der Waals surface area contributed by atoms with Gasteiger partial charge in [0.2, 0.25) is 0 Å². The predicted octanol–water partition coefficient (Wildman–Crippen LogP) is 1.69. The van der Waals surface area contributed by atoms with E-state index >= 15 is 0 Å². The van der Waals surface area contributed by atoms with Gasteiger partial charge in [0, 0.05) is 23.7 Å². The molecule has 0 saturated heterocycles. The van der Waals surface area contributed by atoms with E-state index in [2.05, 4.69) is 20.8 Å². The lowest BCUT2D eigenvalue weighted by molar-refractivity contribution is -0.122. The van der Waals surface area contributed by atoms with Gasteiger partial charge in [-0.3, -0.25) is 14.4 Å². The smallest absolute Gasteiger partial charge is 0.276 e. The van der Waals surface area contributed by atoms with E-state index in [0.717, 1.165) is 0 Å². The van der Waals surface area contributed by atoms with Crippen molar-refractivity contribution >= 4 is 28.3 Å². The maximum absolute atomic E-state index is 12.6. The first kappa shape index (κ1) is 18.1. The molecule has 3 rings (SSSR count). The van der Waals surface area contributed by atoms with Gasteiger partial charge < -0.3 is 15.4 Å². The number of amides is 2. The second-order valence-electron chi connectivity index (χ2n) is 5.67. The number of hydrogen-bond donors (Lipinski definition) is 3. The van der Waals surface area contributed by atoms with Crippen molar-refractivity contribution in [2.45, 2.75) is 6.92 Å². The Balaban J connectivity index is 1.77. The lowest BCUT2D eigenvalue weighted by atomic mass is 10.1. The van der Waals surface area contributed by atoms with Crippen molar-refractivity contribution in [1.29, 1.82) is 0 Å². The summed E-state index contributed by atoms with van der Waals surface area (Å²) in [6, 6.07) is 13.4. The Morgan fingerprint density at radius 3 is 2.67 bits per heavy atom. The van der Waals surface area contributed by atoms with Crippen LogP contribution in [0.2, 0.25) is 0 Å². The van der Waals surface area contributed by atoms with Crippen LogP contribution in [0.4, 0.5) is 5.69 Å². The molecule has 0 fully saturated rings. The first-order chi connectivity index (χ1) is 13.1. The number of rotatable bonds is 6. The Bertz CT molecular complexity index is 1050. The Labute approximate surface area is 154 Å². The van der Waals surface area contributed by atoms with Crippen LogP contribution < -0.4 is 20.9 Å². The minimum atomic E-state index is -0.469. The van der Waals surface area contributed by atoms with E-state index in [1.807, 2.05) is 6.92 Å². The highest BCUT2D eigenvalue weighted by Gasteiger charge is 2.14. The molecule has 0 spiro atoms. The van der Waals surface area contributed by atoms with Crippen LogP contribution in [0.3, 0.4) is 0 Å². The summed E-state index contributed by atoms with van der Waals surface area (Å²) in [5.41, 5.74) is 0.229. The molecular formula is C19H18N4O4. The highest BCUT2D eigenvalue weighted by molar-refractivity contribution is 6.11. The molecule has 1 heterocycles. The first-order valence-electron chi connectivity index (χ1n) is 8.37. The van der Waals surface area contributed by atoms with Gasteiger partial charge in [0.1, 0.15) is 5.75 Å². The van der Waals surface area contributed by atoms with Crippen LogP contribution in [0.15, 0.2) is 53.3 Å². The predicted molar refractivity (Wildman–Crippen MR) is 101 cm³/mol. The number of nitrogens with zero attached hydrogens (tertiary/aromatic N) is 1. The first-order valence-corrected chi connectivity index (χ1v) is 8.37. The van der Waals surface area contributed by atoms with Crippen LogP contribution in [0.5, 0.6) is 5.75 Å². The summed E-state index contributed by atoms with van der Waals surface area (Å²) in [4.78, 5) is 35.9. The SMILES string of the molecule is CCNC(=O)COc1cccc(NC(=O)c2n[nH]c(=O)c3ccccc23)c1. The summed E-state index contributed by atoms with van der Waals surface area (Å²) < 4.78 is 5.41. The van der Waals surface area contributed by atoms with Gasteiger partial charge in [-0.25, -0.2) is 5.10 Å². The summed E-state index contributed by atoms with van der Waals surface area (Å²) >= 11 is 0. The number of ether oxygens (including phenoxy) is 1. The molecule has 8 heteroatoms. The normalized spacial score (nSPS) is 10.4. The number of nitrogens with one attached hydrogen (secondary N) is 3. The summed E-state index contributed by atoms with van der Waals surface area (Å²) in [6.07, 6.45) is 0. The maximum atomic E-state index is 12.6. The van der Waals surface area contributed by atoms with Crippen molar-refractivity contribution in [2.24, 2.45) is 0 Å². The van der Waals surface area contributed by atoms with E-state index in [4.69, 9.17) is 4.74 Å². The Morgan fingerprint density at radius 1 is 1.11 bits per heavy atom. The van der Waals surface area contributed by atoms with Crippen molar-refractivity contribution in [3.05, 3.63) is 64.6 Å². The minimum absolute atomic E-state index is 0.110. The lowest BCUT2D eigenvalue weighted by Gasteiger charge is -2.09. The number of carbonyl (C=O) groups is 2. The molecule has 2 aromatic carbocycles. The Morgan fingerprint density at radius 2 is 1.89 bits per heavy atom. The van der Waals surface area contributed by atoms with E-state index in [1.54, 1.807) is 48.5 Å². The molecule has 138 valence electrons. The third-order valence-corrected chi connectivity index (χ3v) is 3.75. The largest absolute Gasteiger partial charge is 0.484 e. The molecule has 2 amide bonds. The van der Waals surface area contributed by atoms with E-state index in [-0.39, 0.29) is 23.8 Å². The zero-order valence-corrected chi connectivity index (χ0v) is 14.6. The molecule has 0 aliphatic carbocycles. The topological polar surface area (TPSA) is 113 Å². The number of hydrogen-bond acceptors (Lipinski definition) is 5.